The van der Waals surface area contributed by atoms with Crippen molar-refractivity contribution in [3.8, 4) is 0 Å². The number of fused-ring (bicyclic) bond motifs is 1. The van der Waals surface area contributed by atoms with Crippen LogP contribution in [0.15, 0.2) is 30.3 Å². The van der Waals surface area contributed by atoms with E-state index in [0.717, 1.165) is 11.2 Å². The molecule has 1 aromatic heterocycles. The highest BCUT2D eigenvalue weighted by Crippen LogP contribution is 2.16. The van der Waals surface area contributed by atoms with Gasteiger partial charge < -0.3 is 5.73 Å². The van der Waals surface area contributed by atoms with Crippen LogP contribution >= 0.6 is 12.4 Å². The molecule has 3 heteroatoms. The zero-order valence-corrected chi connectivity index (χ0v) is 8.84. The molecule has 0 spiro atoms. The molecule has 0 amide bonds. The second-order valence-corrected chi connectivity index (χ2v) is 3.15. The fourth-order valence-corrected chi connectivity index (χ4v) is 1.52. The highest BCUT2D eigenvalue weighted by atomic mass is 35.5. The van der Waals surface area contributed by atoms with E-state index in [1.807, 2.05) is 24.3 Å². The van der Waals surface area contributed by atoms with E-state index < -0.39 is 0 Å². The number of halogens is 1. The van der Waals surface area contributed by atoms with Gasteiger partial charge in [0.1, 0.15) is 0 Å². The Morgan fingerprint density at radius 1 is 1.29 bits per heavy atom. The third kappa shape index (κ3) is 1.86. The van der Waals surface area contributed by atoms with Crippen molar-refractivity contribution in [3.05, 3.63) is 41.6 Å². The molecular weight excluding hydrogens is 196 g/mol. The van der Waals surface area contributed by atoms with Crippen molar-refractivity contribution < 1.29 is 0 Å². The van der Waals surface area contributed by atoms with Crippen molar-refractivity contribution in [3.63, 3.8) is 0 Å². The minimum atomic E-state index is 0. The molecular formula is C11H13ClN2. The zero-order valence-electron chi connectivity index (χ0n) is 8.03. The molecule has 0 radical (unpaired) electrons. The van der Waals surface area contributed by atoms with Crippen molar-refractivity contribution >= 4 is 23.3 Å². The van der Waals surface area contributed by atoms with Crippen molar-refractivity contribution in [1.82, 2.24) is 4.98 Å². The Bertz CT molecular complexity index is 440. The Morgan fingerprint density at radius 3 is 2.71 bits per heavy atom. The van der Waals surface area contributed by atoms with Gasteiger partial charge in [-0.2, -0.15) is 0 Å². The maximum absolute atomic E-state index is 5.55. The predicted molar refractivity (Wildman–Crippen MR) is 61.6 cm³/mol. The minimum Gasteiger partial charge on any atom is -0.325 e. The maximum Gasteiger partial charge on any atom is 0.0708 e. The first-order valence-electron chi connectivity index (χ1n) is 4.36. The SMILES string of the molecule is Cc1cc(CN)nc2ccccc12.Cl. The summed E-state index contributed by atoms with van der Waals surface area (Å²) < 4.78 is 0. The van der Waals surface area contributed by atoms with Crippen molar-refractivity contribution in [2.75, 3.05) is 0 Å². The van der Waals surface area contributed by atoms with Crippen molar-refractivity contribution in [2.45, 2.75) is 13.5 Å². The summed E-state index contributed by atoms with van der Waals surface area (Å²) in [7, 11) is 0. The Morgan fingerprint density at radius 2 is 2.00 bits per heavy atom. The van der Waals surface area contributed by atoms with Crippen LogP contribution in [-0.4, -0.2) is 4.98 Å². The first-order valence-corrected chi connectivity index (χ1v) is 4.36. The first-order chi connectivity index (χ1) is 6.31. The monoisotopic (exact) mass is 208 g/mol. The lowest BCUT2D eigenvalue weighted by Crippen LogP contribution is -2.00. The molecule has 0 atom stereocenters. The van der Waals surface area contributed by atoms with Crippen LogP contribution in [-0.2, 0) is 6.54 Å². The molecule has 0 unspecified atom stereocenters. The number of pyridine rings is 1. The van der Waals surface area contributed by atoms with Gasteiger partial charge in [-0.1, -0.05) is 18.2 Å². The van der Waals surface area contributed by atoms with Crippen LogP contribution in [0.25, 0.3) is 10.9 Å². The summed E-state index contributed by atoms with van der Waals surface area (Å²) in [6, 6.07) is 10.2. The number of nitrogens with zero attached hydrogens (tertiary/aromatic N) is 1. The molecule has 74 valence electrons. The smallest absolute Gasteiger partial charge is 0.0708 e. The molecule has 0 saturated carbocycles. The van der Waals surface area contributed by atoms with E-state index in [1.165, 1.54) is 10.9 Å². The first kappa shape index (κ1) is 11.0. The van der Waals surface area contributed by atoms with Crippen LogP contribution in [0.5, 0.6) is 0 Å². The molecule has 2 N–H and O–H groups in total. The van der Waals surface area contributed by atoms with Gasteiger partial charge in [0.2, 0.25) is 0 Å². The quantitative estimate of drug-likeness (QED) is 0.782. The van der Waals surface area contributed by atoms with Crippen LogP contribution in [0.3, 0.4) is 0 Å². The molecule has 0 aliphatic rings. The highest BCUT2D eigenvalue weighted by Gasteiger charge is 1.99. The number of nitrogens with two attached hydrogens (primary N) is 1. The third-order valence-corrected chi connectivity index (χ3v) is 2.19. The molecule has 1 aromatic carbocycles. The van der Waals surface area contributed by atoms with Gasteiger partial charge in [0.25, 0.3) is 0 Å². The van der Waals surface area contributed by atoms with Crippen LogP contribution < -0.4 is 5.73 Å². The lowest BCUT2D eigenvalue weighted by molar-refractivity contribution is 1.00. The lowest BCUT2D eigenvalue weighted by atomic mass is 10.1. The maximum atomic E-state index is 5.55. The van der Waals surface area contributed by atoms with Gasteiger partial charge in [0.15, 0.2) is 0 Å². The summed E-state index contributed by atoms with van der Waals surface area (Å²) in [4.78, 5) is 4.43. The second-order valence-electron chi connectivity index (χ2n) is 3.15. The van der Waals surface area contributed by atoms with Gasteiger partial charge in [-0.05, 0) is 24.6 Å². The van der Waals surface area contributed by atoms with E-state index in [2.05, 4.69) is 18.0 Å². The van der Waals surface area contributed by atoms with Gasteiger partial charge in [-0.25, -0.2) is 0 Å². The Balaban J connectivity index is 0.000000980. The summed E-state index contributed by atoms with van der Waals surface area (Å²) in [5.41, 5.74) is 8.77. The molecule has 0 fully saturated rings. The van der Waals surface area contributed by atoms with E-state index in [9.17, 15) is 0 Å². The summed E-state index contributed by atoms with van der Waals surface area (Å²) in [6.45, 7) is 2.59. The van der Waals surface area contributed by atoms with Crippen LogP contribution in [0.1, 0.15) is 11.3 Å². The van der Waals surface area contributed by atoms with E-state index in [0.29, 0.717) is 6.54 Å². The van der Waals surface area contributed by atoms with E-state index >= 15 is 0 Å². The molecule has 14 heavy (non-hydrogen) atoms. The molecule has 2 aromatic rings. The van der Waals surface area contributed by atoms with Gasteiger partial charge in [-0.15, -0.1) is 12.4 Å². The number of para-hydroxylation sites is 1. The molecule has 0 aliphatic carbocycles. The lowest BCUT2D eigenvalue weighted by Gasteiger charge is -2.03. The average molecular weight is 209 g/mol. The topological polar surface area (TPSA) is 38.9 Å². The number of hydrogen-bond donors (Lipinski definition) is 1. The van der Waals surface area contributed by atoms with Crippen LogP contribution in [0.2, 0.25) is 0 Å². The van der Waals surface area contributed by atoms with E-state index in [4.69, 9.17) is 5.73 Å². The standard InChI is InChI=1S/C11H12N2.ClH/c1-8-6-9(7-12)13-11-5-3-2-4-10(8)11;/h2-6H,7,12H2,1H3;1H. The minimum absolute atomic E-state index is 0. The van der Waals surface area contributed by atoms with E-state index in [1.54, 1.807) is 0 Å². The number of hydrogen-bond acceptors (Lipinski definition) is 2. The summed E-state index contributed by atoms with van der Waals surface area (Å²) >= 11 is 0. The zero-order chi connectivity index (χ0) is 9.26. The van der Waals surface area contributed by atoms with Crippen LogP contribution in [0.4, 0.5) is 0 Å². The number of aryl methyl sites for hydroxylation is 1. The number of benzene rings is 1. The van der Waals surface area contributed by atoms with Crippen molar-refractivity contribution in [1.29, 1.82) is 0 Å². The normalized spacial score (nSPS) is 9.86. The second kappa shape index (κ2) is 4.40. The summed E-state index contributed by atoms with van der Waals surface area (Å²) in [5, 5.41) is 1.21. The molecule has 0 aliphatic heterocycles. The van der Waals surface area contributed by atoms with Crippen LogP contribution in [0, 0.1) is 6.92 Å². The largest absolute Gasteiger partial charge is 0.325 e. The Hall–Kier alpha value is -1.12. The third-order valence-electron chi connectivity index (χ3n) is 2.19. The summed E-state index contributed by atoms with van der Waals surface area (Å²) in [5.74, 6) is 0. The molecule has 2 rings (SSSR count). The number of rotatable bonds is 1. The molecule has 2 nitrogen and oxygen atoms in total. The summed E-state index contributed by atoms with van der Waals surface area (Å²) in [6.07, 6.45) is 0. The predicted octanol–water partition coefficient (Wildman–Crippen LogP) is 2.42. The highest BCUT2D eigenvalue weighted by molar-refractivity contribution is 5.85. The Kier molecular flexibility index (Phi) is 3.44. The van der Waals surface area contributed by atoms with E-state index in [-0.39, 0.29) is 12.4 Å². The van der Waals surface area contributed by atoms with Gasteiger partial charge in [0, 0.05) is 11.9 Å². The molecule has 1 heterocycles. The van der Waals surface area contributed by atoms with Crippen molar-refractivity contribution in [2.24, 2.45) is 5.73 Å². The average Bonchev–Trinajstić information content (AvgIpc) is 2.18. The Labute approximate surface area is 89.6 Å². The van der Waals surface area contributed by atoms with Gasteiger partial charge in [0.05, 0.1) is 11.2 Å². The fraction of sp³-hybridized carbons (Fsp3) is 0.182. The fourth-order valence-electron chi connectivity index (χ4n) is 1.52. The molecule has 0 saturated heterocycles. The number of aromatic nitrogens is 1. The van der Waals surface area contributed by atoms with Gasteiger partial charge in [-0.3, -0.25) is 4.98 Å². The van der Waals surface area contributed by atoms with Gasteiger partial charge >= 0.3 is 0 Å². The molecule has 0 bridgehead atoms.